The third-order valence-corrected chi connectivity index (χ3v) is 8.16. The van der Waals surface area contributed by atoms with Crippen LogP contribution in [0.2, 0.25) is 0 Å². The number of hydrogen-bond acceptors (Lipinski definition) is 8. The van der Waals surface area contributed by atoms with Crippen LogP contribution in [0.15, 0.2) is 48.5 Å². The van der Waals surface area contributed by atoms with E-state index < -0.39 is 47.8 Å². The molecule has 216 valence electrons. The number of rotatable bonds is 13. The molecule has 0 unspecified atom stereocenters. The molecule has 1 heterocycles. The largest absolute Gasteiger partial charge is 0.470 e. The lowest BCUT2D eigenvalue weighted by atomic mass is 9.79. The molecular weight excluding hydrogens is 549 g/mol. The molecule has 12 nitrogen and oxygen atoms in total. The fourth-order valence-electron chi connectivity index (χ4n) is 4.85. The highest BCUT2D eigenvalue weighted by atomic mass is 32.2. The Hall–Kier alpha value is -2.67. The molecule has 1 amide bonds. The van der Waals surface area contributed by atoms with Crippen LogP contribution < -0.4 is 16.2 Å². The Labute approximate surface area is 228 Å². The summed E-state index contributed by atoms with van der Waals surface area (Å²) in [6.07, 6.45) is -3.26. The number of nitrogens with two attached hydrogens (primary N) is 2. The van der Waals surface area contributed by atoms with Crippen LogP contribution in [0.3, 0.4) is 0 Å². The van der Waals surface area contributed by atoms with Crippen molar-refractivity contribution >= 4 is 35.3 Å². The molecule has 1 aliphatic rings. The lowest BCUT2D eigenvalue weighted by Gasteiger charge is -2.35. The van der Waals surface area contributed by atoms with Gasteiger partial charge in [0.15, 0.2) is 0 Å². The Morgan fingerprint density at radius 3 is 2.44 bits per heavy atom. The maximum absolute atomic E-state index is 13.3. The second-order valence-corrected chi connectivity index (χ2v) is 13.0. The Morgan fingerprint density at radius 1 is 1.21 bits per heavy atom. The van der Waals surface area contributed by atoms with Crippen molar-refractivity contribution in [1.29, 1.82) is 0 Å². The number of hydrogen-bond donors (Lipinski definition) is 5. The summed E-state index contributed by atoms with van der Waals surface area (Å²) in [5.41, 5.74) is 13.3. The van der Waals surface area contributed by atoms with Gasteiger partial charge in [-0.2, -0.15) is 0 Å². The first kappa shape index (κ1) is 30.9. The quantitative estimate of drug-likeness (QED) is 0.172. The minimum absolute atomic E-state index is 0.0913. The number of amides is 1. The molecule has 0 spiro atoms. The van der Waals surface area contributed by atoms with Crippen molar-refractivity contribution in [3.05, 3.63) is 59.7 Å². The van der Waals surface area contributed by atoms with Crippen LogP contribution in [0.4, 0.5) is 16.2 Å². The number of carbonyl (C=O) groups is 1. The fraction of sp³-hybridized carbons (Fsp3) is 0.480. The van der Waals surface area contributed by atoms with Crippen molar-refractivity contribution in [3.8, 4) is 0 Å². The predicted octanol–water partition coefficient (Wildman–Crippen LogP) is 2.97. The lowest BCUT2D eigenvalue weighted by molar-refractivity contribution is -0.0107. The third-order valence-electron chi connectivity index (χ3n) is 6.31. The number of benzene rings is 2. The molecule has 2 aromatic rings. The van der Waals surface area contributed by atoms with E-state index in [2.05, 4.69) is 4.72 Å². The summed E-state index contributed by atoms with van der Waals surface area (Å²) in [6.45, 7) is 4.75. The molecule has 0 aromatic heterocycles. The van der Waals surface area contributed by atoms with Crippen molar-refractivity contribution in [2.45, 2.75) is 44.8 Å². The van der Waals surface area contributed by atoms with Crippen LogP contribution in [0.1, 0.15) is 37.3 Å². The highest BCUT2D eigenvalue weighted by Crippen LogP contribution is 2.44. The van der Waals surface area contributed by atoms with E-state index in [1.165, 1.54) is 6.07 Å². The molecule has 0 saturated carbocycles. The minimum Gasteiger partial charge on any atom is -0.443 e. The first-order valence-electron chi connectivity index (χ1n) is 12.5. The van der Waals surface area contributed by atoms with Crippen LogP contribution in [-0.4, -0.2) is 55.5 Å². The maximum atomic E-state index is 13.3. The molecule has 3 rings (SSSR count). The first-order chi connectivity index (χ1) is 18.2. The second kappa shape index (κ2) is 13.1. The molecule has 39 heavy (non-hydrogen) atoms. The van der Waals surface area contributed by atoms with Gasteiger partial charge in [0.2, 0.25) is 10.0 Å². The highest BCUT2D eigenvalue weighted by Gasteiger charge is 2.44. The van der Waals surface area contributed by atoms with E-state index in [1.807, 2.05) is 13.8 Å². The molecule has 2 aromatic carbocycles. The van der Waals surface area contributed by atoms with Crippen molar-refractivity contribution < 1.29 is 41.6 Å². The fourth-order valence-corrected chi connectivity index (χ4v) is 6.79. The van der Waals surface area contributed by atoms with Crippen molar-refractivity contribution in [2.75, 3.05) is 29.4 Å². The molecule has 14 heteroatoms. The predicted molar refractivity (Wildman–Crippen MR) is 146 cm³/mol. The average molecular weight is 586 g/mol. The zero-order valence-corrected chi connectivity index (χ0v) is 23.5. The zero-order chi connectivity index (χ0) is 28.8. The summed E-state index contributed by atoms with van der Waals surface area (Å²) in [6, 6.07) is 13.6. The first-order valence-corrected chi connectivity index (χ1v) is 15.6. The normalized spacial score (nSPS) is 18.4. The Balaban J connectivity index is 1.98. The SMILES string of the molecule is CC(C)Cc1ccc(NS(=O)(=O)C[C@H](OP(=O)(O)O)[C@@H](OC(N)=O)[C@H](c2ccccc2)[C@@H]2CCOC2)c(N)c1. The van der Waals surface area contributed by atoms with Gasteiger partial charge in [0.1, 0.15) is 12.2 Å². The van der Waals surface area contributed by atoms with Crippen LogP contribution in [0.5, 0.6) is 0 Å². The molecule has 0 aliphatic carbocycles. The lowest BCUT2D eigenvalue weighted by Crippen LogP contribution is -2.46. The number of primary amides is 1. The van der Waals surface area contributed by atoms with Gasteiger partial charge < -0.3 is 30.7 Å². The summed E-state index contributed by atoms with van der Waals surface area (Å²) < 4.78 is 56.7. The van der Waals surface area contributed by atoms with Crippen LogP contribution in [-0.2, 0) is 35.0 Å². The average Bonchev–Trinajstić information content (AvgIpc) is 3.33. The summed E-state index contributed by atoms with van der Waals surface area (Å²) in [5.74, 6) is -1.63. The molecular formula is C25H36N3O9PS. The summed E-state index contributed by atoms with van der Waals surface area (Å²) >= 11 is 0. The van der Waals surface area contributed by atoms with E-state index in [-0.39, 0.29) is 23.9 Å². The number of ether oxygens (including phenoxy) is 2. The van der Waals surface area contributed by atoms with Gasteiger partial charge in [-0.3, -0.25) is 9.25 Å². The number of nitrogen functional groups attached to an aromatic ring is 1. The number of phosphoric acid groups is 1. The van der Waals surface area contributed by atoms with E-state index >= 15 is 0 Å². The maximum Gasteiger partial charge on any atom is 0.470 e. The monoisotopic (exact) mass is 585 g/mol. The van der Waals surface area contributed by atoms with Gasteiger partial charge >= 0.3 is 13.9 Å². The van der Waals surface area contributed by atoms with Crippen LogP contribution in [0, 0.1) is 11.8 Å². The highest BCUT2D eigenvalue weighted by molar-refractivity contribution is 7.92. The van der Waals surface area contributed by atoms with E-state index in [9.17, 15) is 27.6 Å². The Bertz CT molecular complexity index is 1260. The van der Waals surface area contributed by atoms with Gasteiger partial charge in [-0.1, -0.05) is 50.2 Å². The number of phosphoric ester groups is 1. The van der Waals surface area contributed by atoms with E-state index in [0.29, 0.717) is 24.5 Å². The van der Waals surface area contributed by atoms with Gasteiger partial charge in [-0.05, 0) is 47.9 Å². The second-order valence-electron chi connectivity index (χ2n) is 10.00. The van der Waals surface area contributed by atoms with Gasteiger partial charge in [0, 0.05) is 12.5 Å². The van der Waals surface area contributed by atoms with E-state index in [1.54, 1.807) is 42.5 Å². The summed E-state index contributed by atoms with van der Waals surface area (Å²) in [7, 11) is -9.61. The smallest absolute Gasteiger partial charge is 0.443 e. The van der Waals surface area contributed by atoms with Crippen molar-refractivity contribution in [2.24, 2.45) is 17.6 Å². The molecule has 1 fully saturated rings. The molecule has 4 atom stereocenters. The topological polar surface area (TPSA) is 200 Å². The summed E-state index contributed by atoms with van der Waals surface area (Å²) in [4.78, 5) is 31.3. The molecule has 1 saturated heterocycles. The number of sulfonamides is 1. The molecule has 1 aliphatic heterocycles. The molecule has 0 radical (unpaired) electrons. The van der Waals surface area contributed by atoms with E-state index in [4.69, 9.17) is 25.5 Å². The third kappa shape index (κ3) is 9.48. The van der Waals surface area contributed by atoms with Crippen molar-refractivity contribution in [1.82, 2.24) is 0 Å². The van der Waals surface area contributed by atoms with Crippen LogP contribution >= 0.6 is 7.82 Å². The zero-order valence-electron chi connectivity index (χ0n) is 21.8. The molecule has 7 N–H and O–H groups in total. The summed E-state index contributed by atoms with van der Waals surface area (Å²) in [5, 5.41) is 0. The van der Waals surface area contributed by atoms with Crippen LogP contribution in [0.25, 0.3) is 0 Å². The number of nitrogens with one attached hydrogen (secondary N) is 1. The Kier molecular flexibility index (Phi) is 10.4. The van der Waals surface area contributed by atoms with Gasteiger partial charge in [0.05, 0.1) is 23.7 Å². The standard InChI is InChI=1S/C25H36N3O9PS/c1-16(2)12-17-8-9-21(20(26)13-17)28-39(33,34)15-22(37-38(30,31)32)24(36-25(27)29)23(19-10-11-35-14-19)18-6-4-3-5-7-18/h3-9,13,16,19,22-24,28H,10-12,14-15,26H2,1-2H3,(H2,27,29)(H2,30,31,32)/t19-,22+,23-,24-/m1/s1. The number of anilines is 2. The Morgan fingerprint density at radius 2 is 1.90 bits per heavy atom. The molecule has 0 bridgehead atoms. The van der Waals surface area contributed by atoms with Crippen molar-refractivity contribution in [3.63, 3.8) is 0 Å². The van der Waals surface area contributed by atoms with Gasteiger partial charge in [0.25, 0.3) is 0 Å². The number of carbonyl (C=O) groups excluding carboxylic acids is 1. The van der Waals surface area contributed by atoms with Gasteiger partial charge in [-0.15, -0.1) is 0 Å². The minimum atomic E-state index is -5.26. The van der Waals surface area contributed by atoms with Gasteiger partial charge in [-0.25, -0.2) is 17.8 Å². The van der Waals surface area contributed by atoms with E-state index in [0.717, 1.165) is 12.0 Å².